The SMILES string of the molecule is CCCCN(CC)Cc1cc(CNCCC)no1. The van der Waals surface area contributed by atoms with Crippen LogP contribution in [0, 0.1) is 0 Å². The topological polar surface area (TPSA) is 41.3 Å². The molecule has 4 nitrogen and oxygen atoms in total. The van der Waals surface area contributed by atoms with Crippen molar-refractivity contribution in [3.63, 3.8) is 0 Å². The monoisotopic (exact) mass is 253 g/mol. The second-order valence-corrected chi connectivity index (χ2v) is 4.68. The lowest BCUT2D eigenvalue weighted by atomic mass is 10.3. The van der Waals surface area contributed by atoms with E-state index in [1.165, 1.54) is 12.8 Å². The van der Waals surface area contributed by atoms with E-state index in [1.54, 1.807) is 0 Å². The molecule has 0 saturated heterocycles. The largest absolute Gasteiger partial charge is 0.360 e. The van der Waals surface area contributed by atoms with Gasteiger partial charge in [-0.1, -0.05) is 32.3 Å². The number of hydrogen-bond acceptors (Lipinski definition) is 4. The van der Waals surface area contributed by atoms with Gasteiger partial charge in [0.1, 0.15) is 0 Å². The van der Waals surface area contributed by atoms with E-state index in [9.17, 15) is 0 Å². The van der Waals surface area contributed by atoms with Crippen LogP contribution in [0.3, 0.4) is 0 Å². The van der Waals surface area contributed by atoms with Gasteiger partial charge in [-0.05, 0) is 32.5 Å². The number of hydrogen-bond donors (Lipinski definition) is 1. The molecular formula is C14H27N3O. The zero-order valence-corrected chi connectivity index (χ0v) is 12.0. The van der Waals surface area contributed by atoms with Gasteiger partial charge in [-0.15, -0.1) is 0 Å². The Balaban J connectivity index is 2.36. The van der Waals surface area contributed by atoms with Crippen molar-refractivity contribution in [1.29, 1.82) is 0 Å². The third-order valence-electron chi connectivity index (χ3n) is 3.00. The summed E-state index contributed by atoms with van der Waals surface area (Å²) < 4.78 is 5.38. The van der Waals surface area contributed by atoms with Crippen molar-refractivity contribution in [3.8, 4) is 0 Å². The highest BCUT2D eigenvalue weighted by Gasteiger charge is 2.08. The lowest BCUT2D eigenvalue weighted by Gasteiger charge is -2.17. The van der Waals surface area contributed by atoms with E-state index in [1.807, 2.05) is 0 Å². The van der Waals surface area contributed by atoms with Crippen LogP contribution in [0.25, 0.3) is 0 Å². The number of aromatic nitrogens is 1. The molecule has 1 rings (SSSR count). The molecule has 1 heterocycles. The molecule has 0 spiro atoms. The average Bonchev–Trinajstić information content (AvgIpc) is 2.82. The predicted octanol–water partition coefficient (Wildman–Crippen LogP) is 2.80. The Morgan fingerprint density at radius 1 is 1.28 bits per heavy atom. The Morgan fingerprint density at radius 3 is 2.78 bits per heavy atom. The molecule has 104 valence electrons. The summed E-state index contributed by atoms with van der Waals surface area (Å²) in [4.78, 5) is 2.40. The van der Waals surface area contributed by atoms with E-state index < -0.39 is 0 Å². The van der Waals surface area contributed by atoms with Gasteiger partial charge in [0.2, 0.25) is 0 Å². The van der Waals surface area contributed by atoms with Gasteiger partial charge in [0.15, 0.2) is 5.76 Å². The van der Waals surface area contributed by atoms with E-state index in [-0.39, 0.29) is 0 Å². The Hall–Kier alpha value is -0.870. The fourth-order valence-electron chi connectivity index (χ4n) is 1.86. The summed E-state index contributed by atoms with van der Waals surface area (Å²) in [7, 11) is 0. The van der Waals surface area contributed by atoms with Crippen LogP contribution in [0.2, 0.25) is 0 Å². The van der Waals surface area contributed by atoms with Gasteiger partial charge in [0.05, 0.1) is 12.2 Å². The molecular weight excluding hydrogens is 226 g/mol. The molecule has 0 atom stereocenters. The summed E-state index contributed by atoms with van der Waals surface area (Å²) in [5.41, 5.74) is 1.00. The minimum atomic E-state index is 0.804. The van der Waals surface area contributed by atoms with Gasteiger partial charge in [-0.2, -0.15) is 0 Å². The van der Waals surface area contributed by atoms with Gasteiger partial charge >= 0.3 is 0 Å². The Labute approximate surface area is 111 Å². The van der Waals surface area contributed by atoms with Gasteiger partial charge in [0.25, 0.3) is 0 Å². The molecule has 0 aliphatic heterocycles. The van der Waals surface area contributed by atoms with Gasteiger partial charge in [-0.25, -0.2) is 0 Å². The first-order valence-corrected chi connectivity index (χ1v) is 7.17. The number of unbranched alkanes of at least 4 members (excludes halogenated alkanes) is 1. The number of nitrogens with zero attached hydrogens (tertiary/aromatic N) is 2. The Bertz CT molecular complexity index is 312. The standard InChI is InChI=1S/C14H27N3O/c1-4-7-9-17(6-3)12-14-10-13(16-18-14)11-15-8-5-2/h10,15H,4-9,11-12H2,1-3H3. The van der Waals surface area contributed by atoms with Crippen molar-refractivity contribution >= 4 is 0 Å². The maximum atomic E-state index is 5.38. The molecule has 0 radical (unpaired) electrons. The molecule has 0 unspecified atom stereocenters. The van der Waals surface area contributed by atoms with E-state index in [0.29, 0.717) is 0 Å². The van der Waals surface area contributed by atoms with Crippen LogP contribution in [-0.2, 0) is 13.1 Å². The minimum Gasteiger partial charge on any atom is -0.360 e. The lowest BCUT2D eigenvalue weighted by molar-refractivity contribution is 0.237. The normalized spacial score (nSPS) is 11.3. The van der Waals surface area contributed by atoms with Crippen LogP contribution in [0.1, 0.15) is 51.5 Å². The van der Waals surface area contributed by atoms with Gasteiger partial charge < -0.3 is 9.84 Å². The van der Waals surface area contributed by atoms with Crippen LogP contribution in [0.15, 0.2) is 10.6 Å². The van der Waals surface area contributed by atoms with E-state index in [2.05, 4.69) is 42.2 Å². The summed E-state index contributed by atoms with van der Waals surface area (Å²) in [5, 5.41) is 7.42. The first-order chi connectivity index (χ1) is 8.80. The molecule has 0 bridgehead atoms. The van der Waals surface area contributed by atoms with Crippen LogP contribution < -0.4 is 5.32 Å². The fourth-order valence-corrected chi connectivity index (χ4v) is 1.86. The highest BCUT2D eigenvalue weighted by molar-refractivity contribution is 5.05. The van der Waals surface area contributed by atoms with Gasteiger partial charge in [0, 0.05) is 12.6 Å². The molecule has 0 aromatic carbocycles. The van der Waals surface area contributed by atoms with Crippen molar-refractivity contribution < 1.29 is 4.52 Å². The Kier molecular flexibility index (Phi) is 7.69. The van der Waals surface area contributed by atoms with E-state index in [0.717, 1.165) is 50.6 Å². The molecule has 1 aromatic rings. The molecule has 0 aliphatic rings. The second-order valence-electron chi connectivity index (χ2n) is 4.68. The zero-order chi connectivity index (χ0) is 13.2. The van der Waals surface area contributed by atoms with Crippen molar-refractivity contribution in [2.45, 2.75) is 53.1 Å². The molecule has 18 heavy (non-hydrogen) atoms. The summed E-state index contributed by atoms with van der Waals surface area (Å²) in [6.07, 6.45) is 3.62. The van der Waals surface area contributed by atoms with Crippen LogP contribution in [0.5, 0.6) is 0 Å². The van der Waals surface area contributed by atoms with Crippen molar-refractivity contribution in [2.24, 2.45) is 0 Å². The first-order valence-electron chi connectivity index (χ1n) is 7.17. The third-order valence-corrected chi connectivity index (χ3v) is 3.00. The summed E-state index contributed by atoms with van der Waals surface area (Å²) in [6, 6.07) is 2.07. The zero-order valence-electron chi connectivity index (χ0n) is 12.0. The Morgan fingerprint density at radius 2 is 2.11 bits per heavy atom. The molecule has 4 heteroatoms. The highest BCUT2D eigenvalue weighted by Crippen LogP contribution is 2.08. The van der Waals surface area contributed by atoms with Crippen molar-refractivity contribution in [3.05, 3.63) is 17.5 Å². The average molecular weight is 253 g/mol. The summed E-state index contributed by atoms with van der Waals surface area (Å²) in [6.45, 7) is 11.5. The van der Waals surface area contributed by atoms with E-state index in [4.69, 9.17) is 4.52 Å². The molecule has 0 aliphatic carbocycles. The predicted molar refractivity (Wildman–Crippen MR) is 74.4 cm³/mol. The maximum absolute atomic E-state index is 5.38. The van der Waals surface area contributed by atoms with Crippen molar-refractivity contribution in [1.82, 2.24) is 15.4 Å². The van der Waals surface area contributed by atoms with Crippen molar-refractivity contribution in [2.75, 3.05) is 19.6 Å². The highest BCUT2D eigenvalue weighted by atomic mass is 16.5. The first kappa shape index (κ1) is 15.2. The maximum Gasteiger partial charge on any atom is 0.151 e. The molecule has 0 saturated carbocycles. The van der Waals surface area contributed by atoms with E-state index >= 15 is 0 Å². The third kappa shape index (κ3) is 5.65. The van der Waals surface area contributed by atoms with Crippen LogP contribution >= 0.6 is 0 Å². The molecule has 1 N–H and O–H groups in total. The number of nitrogens with one attached hydrogen (secondary N) is 1. The molecule has 1 aromatic heterocycles. The summed E-state index contributed by atoms with van der Waals surface area (Å²) >= 11 is 0. The minimum absolute atomic E-state index is 0.804. The lowest BCUT2D eigenvalue weighted by Crippen LogP contribution is -2.23. The van der Waals surface area contributed by atoms with Gasteiger partial charge in [-0.3, -0.25) is 4.90 Å². The second kappa shape index (κ2) is 9.11. The van der Waals surface area contributed by atoms with Crippen LogP contribution in [0.4, 0.5) is 0 Å². The molecule has 0 fully saturated rings. The smallest absolute Gasteiger partial charge is 0.151 e. The van der Waals surface area contributed by atoms with Crippen LogP contribution in [-0.4, -0.2) is 29.7 Å². The number of rotatable bonds is 10. The molecule has 0 amide bonds. The summed E-state index contributed by atoms with van der Waals surface area (Å²) in [5.74, 6) is 0.973. The quantitative estimate of drug-likeness (QED) is 0.651. The fraction of sp³-hybridized carbons (Fsp3) is 0.786.